The Morgan fingerprint density at radius 3 is 2.74 bits per heavy atom. The second-order valence-corrected chi connectivity index (χ2v) is 6.37. The van der Waals surface area contributed by atoms with Crippen molar-refractivity contribution >= 4 is 11.8 Å². The summed E-state index contributed by atoms with van der Waals surface area (Å²) < 4.78 is 1.74. The topological polar surface area (TPSA) is 88.1 Å². The number of carbonyl (C=O) groups is 2. The molecule has 0 aromatic carbocycles. The molecule has 128 valence electrons. The van der Waals surface area contributed by atoms with E-state index in [0.717, 1.165) is 18.5 Å². The van der Waals surface area contributed by atoms with Crippen molar-refractivity contribution in [1.82, 2.24) is 25.7 Å². The van der Waals surface area contributed by atoms with Crippen molar-refractivity contribution in [2.75, 3.05) is 13.1 Å². The molecule has 1 aliphatic heterocycles. The first-order chi connectivity index (χ1) is 10.9. The average Bonchev–Trinajstić information content (AvgIpc) is 3.15. The Kier molecular flexibility index (Phi) is 5.76. The van der Waals surface area contributed by atoms with Gasteiger partial charge in [0.25, 0.3) is 0 Å². The van der Waals surface area contributed by atoms with Crippen LogP contribution in [-0.4, -0.2) is 46.8 Å². The fourth-order valence-electron chi connectivity index (χ4n) is 2.79. The molecule has 2 rings (SSSR count). The van der Waals surface area contributed by atoms with Crippen molar-refractivity contribution in [1.29, 1.82) is 0 Å². The summed E-state index contributed by atoms with van der Waals surface area (Å²) in [5.74, 6) is -0.321. The Morgan fingerprint density at radius 1 is 1.39 bits per heavy atom. The van der Waals surface area contributed by atoms with Crippen LogP contribution in [0.25, 0.3) is 0 Å². The highest BCUT2D eigenvalue weighted by Gasteiger charge is 2.35. The highest BCUT2D eigenvalue weighted by molar-refractivity contribution is 5.89. The summed E-state index contributed by atoms with van der Waals surface area (Å²) in [5.41, 5.74) is 1.05. The van der Waals surface area contributed by atoms with E-state index in [2.05, 4.69) is 21.0 Å². The largest absolute Gasteiger partial charge is 0.352 e. The van der Waals surface area contributed by atoms with Gasteiger partial charge in [0.1, 0.15) is 6.04 Å². The number of hydrogen-bond donors (Lipinski definition) is 3. The van der Waals surface area contributed by atoms with Gasteiger partial charge >= 0.3 is 0 Å². The van der Waals surface area contributed by atoms with Gasteiger partial charge in [-0.3, -0.25) is 14.3 Å². The minimum absolute atomic E-state index is 0.0874. The van der Waals surface area contributed by atoms with Crippen molar-refractivity contribution in [3.63, 3.8) is 0 Å². The van der Waals surface area contributed by atoms with Gasteiger partial charge in [-0.2, -0.15) is 5.10 Å². The summed E-state index contributed by atoms with van der Waals surface area (Å²) in [4.78, 5) is 24.6. The SMILES string of the molecule is CCC(C)NC(=O)C(C)NC(=O)[C@H]1CNC[C@@H]1c1cnn(C)c1. The van der Waals surface area contributed by atoms with Crippen LogP contribution in [0, 0.1) is 5.92 Å². The molecule has 0 saturated carbocycles. The zero-order valence-corrected chi connectivity index (χ0v) is 14.3. The molecule has 7 heteroatoms. The first kappa shape index (κ1) is 17.5. The predicted octanol–water partition coefficient (Wildman–Crippen LogP) is 0.143. The molecule has 2 heterocycles. The van der Waals surface area contributed by atoms with Crippen LogP contribution >= 0.6 is 0 Å². The third-order valence-electron chi connectivity index (χ3n) is 4.46. The molecule has 0 radical (unpaired) electrons. The Morgan fingerprint density at radius 2 is 2.13 bits per heavy atom. The molecule has 0 spiro atoms. The van der Waals surface area contributed by atoms with Gasteiger partial charge in [-0.25, -0.2) is 0 Å². The average molecular weight is 321 g/mol. The minimum Gasteiger partial charge on any atom is -0.352 e. The van der Waals surface area contributed by atoms with Gasteiger partial charge < -0.3 is 16.0 Å². The maximum atomic E-state index is 12.5. The van der Waals surface area contributed by atoms with E-state index < -0.39 is 6.04 Å². The number of carbonyl (C=O) groups excluding carboxylic acids is 2. The van der Waals surface area contributed by atoms with Crippen LogP contribution in [0.5, 0.6) is 0 Å². The lowest BCUT2D eigenvalue weighted by Gasteiger charge is -2.21. The normalized spacial score (nSPS) is 23.3. The van der Waals surface area contributed by atoms with Crippen molar-refractivity contribution < 1.29 is 9.59 Å². The standard InChI is InChI=1S/C16H27N5O2/c1-5-10(2)19-15(22)11(3)20-16(23)14-8-17-7-13(14)12-6-18-21(4)9-12/h6,9-11,13-14,17H,5,7-8H2,1-4H3,(H,19,22)(H,20,23)/t10?,11?,13-,14+/m1/s1. The summed E-state index contributed by atoms with van der Waals surface area (Å²) in [6, 6.07) is -0.426. The molecule has 1 aromatic heterocycles. The van der Waals surface area contributed by atoms with E-state index in [4.69, 9.17) is 0 Å². The summed E-state index contributed by atoms with van der Waals surface area (Å²) in [6.07, 6.45) is 4.61. The molecule has 3 N–H and O–H groups in total. The smallest absolute Gasteiger partial charge is 0.242 e. The number of nitrogens with zero attached hydrogens (tertiary/aromatic N) is 2. The van der Waals surface area contributed by atoms with Gasteiger partial charge in [-0.05, 0) is 25.8 Å². The van der Waals surface area contributed by atoms with Crippen LogP contribution in [0.3, 0.4) is 0 Å². The molecule has 4 atom stereocenters. The lowest BCUT2D eigenvalue weighted by molar-refractivity contribution is -0.131. The molecule has 0 aliphatic carbocycles. The summed E-state index contributed by atoms with van der Waals surface area (Å²) in [7, 11) is 1.86. The van der Waals surface area contributed by atoms with Crippen LogP contribution in [-0.2, 0) is 16.6 Å². The number of aromatic nitrogens is 2. The van der Waals surface area contributed by atoms with Crippen molar-refractivity contribution in [2.45, 2.75) is 45.2 Å². The monoisotopic (exact) mass is 321 g/mol. The van der Waals surface area contributed by atoms with Gasteiger partial charge in [0.2, 0.25) is 11.8 Å². The molecule has 2 unspecified atom stereocenters. The van der Waals surface area contributed by atoms with E-state index in [0.29, 0.717) is 6.54 Å². The molecule has 2 amide bonds. The van der Waals surface area contributed by atoms with Gasteiger partial charge in [-0.1, -0.05) is 6.92 Å². The number of nitrogens with one attached hydrogen (secondary N) is 3. The number of hydrogen-bond acceptors (Lipinski definition) is 4. The maximum absolute atomic E-state index is 12.5. The minimum atomic E-state index is -0.536. The van der Waals surface area contributed by atoms with Crippen molar-refractivity contribution in [2.24, 2.45) is 13.0 Å². The Labute approximate surface area is 137 Å². The first-order valence-electron chi connectivity index (χ1n) is 8.22. The van der Waals surface area contributed by atoms with Crippen LogP contribution < -0.4 is 16.0 Å². The van der Waals surface area contributed by atoms with E-state index in [9.17, 15) is 9.59 Å². The lowest BCUT2D eigenvalue weighted by atomic mass is 9.90. The van der Waals surface area contributed by atoms with E-state index in [1.807, 2.05) is 27.1 Å². The van der Waals surface area contributed by atoms with E-state index in [1.54, 1.807) is 17.8 Å². The molecule has 1 aromatic rings. The fourth-order valence-corrected chi connectivity index (χ4v) is 2.79. The second kappa shape index (κ2) is 7.59. The molecule has 1 saturated heterocycles. The van der Waals surface area contributed by atoms with Gasteiger partial charge in [0.15, 0.2) is 0 Å². The summed E-state index contributed by atoms with van der Waals surface area (Å²) in [6.45, 7) is 7.04. The predicted molar refractivity (Wildman–Crippen MR) is 87.8 cm³/mol. The lowest BCUT2D eigenvalue weighted by Crippen LogP contribution is -2.49. The van der Waals surface area contributed by atoms with E-state index in [-0.39, 0.29) is 29.7 Å². The maximum Gasteiger partial charge on any atom is 0.242 e. The number of amides is 2. The Hall–Kier alpha value is -1.89. The third kappa shape index (κ3) is 4.31. The quantitative estimate of drug-likeness (QED) is 0.695. The van der Waals surface area contributed by atoms with E-state index in [1.165, 1.54) is 0 Å². The summed E-state index contributed by atoms with van der Waals surface area (Å²) >= 11 is 0. The Bertz CT molecular complexity index is 556. The van der Waals surface area contributed by atoms with Crippen LogP contribution in [0.4, 0.5) is 0 Å². The van der Waals surface area contributed by atoms with Crippen molar-refractivity contribution in [3.8, 4) is 0 Å². The van der Waals surface area contributed by atoms with E-state index >= 15 is 0 Å². The molecule has 7 nitrogen and oxygen atoms in total. The molecule has 1 fully saturated rings. The van der Waals surface area contributed by atoms with Crippen molar-refractivity contribution in [3.05, 3.63) is 18.0 Å². The molecule has 23 heavy (non-hydrogen) atoms. The Balaban J connectivity index is 1.95. The van der Waals surface area contributed by atoms with Gasteiger partial charge in [0, 0.05) is 38.3 Å². The summed E-state index contributed by atoms with van der Waals surface area (Å²) in [5, 5.41) is 13.2. The van der Waals surface area contributed by atoms with Gasteiger partial charge in [0.05, 0.1) is 12.1 Å². The fraction of sp³-hybridized carbons (Fsp3) is 0.688. The molecule has 0 bridgehead atoms. The molecular weight excluding hydrogens is 294 g/mol. The number of aryl methyl sites for hydroxylation is 1. The number of rotatable bonds is 6. The first-order valence-corrected chi connectivity index (χ1v) is 8.22. The highest BCUT2D eigenvalue weighted by Crippen LogP contribution is 2.27. The highest BCUT2D eigenvalue weighted by atomic mass is 16.2. The van der Waals surface area contributed by atoms with Gasteiger partial charge in [-0.15, -0.1) is 0 Å². The molecular formula is C16H27N5O2. The van der Waals surface area contributed by atoms with Crippen LogP contribution in [0.2, 0.25) is 0 Å². The van der Waals surface area contributed by atoms with Crippen LogP contribution in [0.1, 0.15) is 38.7 Å². The second-order valence-electron chi connectivity index (χ2n) is 6.37. The van der Waals surface area contributed by atoms with Crippen LogP contribution in [0.15, 0.2) is 12.4 Å². The zero-order chi connectivity index (χ0) is 17.0. The third-order valence-corrected chi connectivity index (χ3v) is 4.46. The zero-order valence-electron chi connectivity index (χ0n) is 14.3. The molecule has 1 aliphatic rings.